The van der Waals surface area contributed by atoms with Crippen LogP contribution in [0.3, 0.4) is 0 Å². The largest absolute Gasteiger partial charge is 0.477 e. The van der Waals surface area contributed by atoms with Gasteiger partial charge in [-0.2, -0.15) is 5.10 Å². The van der Waals surface area contributed by atoms with Crippen LogP contribution in [-0.2, 0) is 6.42 Å². The Hall–Kier alpha value is -3.26. The lowest BCUT2D eigenvalue weighted by atomic mass is 10.2. The lowest BCUT2D eigenvalue weighted by Crippen LogP contribution is -2.12. The van der Waals surface area contributed by atoms with Crippen LogP contribution in [0.25, 0.3) is 15.9 Å². The molecule has 0 aliphatic rings. The summed E-state index contributed by atoms with van der Waals surface area (Å²) < 4.78 is 1.75. The van der Waals surface area contributed by atoms with Crippen LogP contribution < -0.4 is 5.56 Å². The molecule has 3 heterocycles. The van der Waals surface area contributed by atoms with Crippen molar-refractivity contribution in [3.63, 3.8) is 0 Å². The van der Waals surface area contributed by atoms with Gasteiger partial charge in [-0.1, -0.05) is 18.2 Å². The first kappa shape index (κ1) is 16.2. The second-order valence-corrected chi connectivity index (χ2v) is 6.86. The van der Waals surface area contributed by atoms with Crippen molar-refractivity contribution in [1.82, 2.24) is 19.7 Å². The van der Waals surface area contributed by atoms with Crippen molar-refractivity contribution in [1.29, 1.82) is 0 Å². The first-order valence-corrected chi connectivity index (χ1v) is 8.69. The second-order valence-electron chi connectivity index (χ2n) is 5.86. The molecule has 0 amide bonds. The van der Waals surface area contributed by atoms with Crippen LogP contribution in [-0.4, -0.2) is 30.8 Å². The monoisotopic (exact) mass is 366 g/mol. The molecule has 4 rings (SSSR count). The Morgan fingerprint density at radius 3 is 2.81 bits per heavy atom. The maximum atomic E-state index is 12.4. The van der Waals surface area contributed by atoms with Gasteiger partial charge in [-0.15, -0.1) is 11.3 Å². The molecule has 0 unspecified atom stereocenters. The third-order valence-corrected chi connectivity index (χ3v) is 5.25. The van der Waals surface area contributed by atoms with Gasteiger partial charge in [0.2, 0.25) is 0 Å². The fourth-order valence-corrected chi connectivity index (χ4v) is 3.88. The molecule has 0 saturated carbocycles. The molecule has 0 spiro atoms. The number of nitrogens with zero attached hydrogens (tertiary/aromatic N) is 3. The summed E-state index contributed by atoms with van der Waals surface area (Å²) in [5, 5.41) is 13.9. The van der Waals surface area contributed by atoms with Crippen LogP contribution in [0.2, 0.25) is 0 Å². The van der Waals surface area contributed by atoms with E-state index >= 15 is 0 Å². The summed E-state index contributed by atoms with van der Waals surface area (Å²) in [7, 11) is 0. The van der Waals surface area contributed by atoms with E-state index in [1.54, 1.807) is 17.8 Å². The third-order valence-electron chi connectivity index (χ3n) is 4.07. The molecule has 0 saturated heterocycles. The zero-order valence-electron chi connectivity index (χ0n) is 13.8. The van der Waals surface area contributed by atoms with Gasteiger partial charge in [0.05, 0.1) is 17.3 Å². The van der Waals surface area contributed by atoms with Crippen molar-refractivity contribution in [2.45, 2.75) is 13.3 Å². The van der Waals surface area contributed by atoms with Crippen molar-refractivity contribution in [3.8, 4) is 5.69 Å². The molecular weight excluding hydrogens is 352 g/mol. The van der Waals surface area contributed by atoms with Crippen LogP contribution in [0.5, 0.6) is 0 Å². The van der Waals surface area contributed by atoms with Crippen LogP contribution in [0.4, 0.5) is 0 Å². The highest BCUT2D eigenvalue weighted by Gasteiger charge is 2.18. The molecule has 0 aliphatic heterocycles. The number of carboxylic acid groups (broad SMARTS) is 1. The third kappa shape index (κ3) is 2.80. The van der Waals surface area contributed by atoms with Crippen molar-refractivity contribution in [2.24, 2.45) is 0 Å². The highest BCUT2D eigenvalue weighted by molar-refractivity contribution is 7.20. The van der Waals surface area contributed by atoms with E-state index in [2.05, 4.69) is 15.1 Å². The number of aromatic amines is 1. The Morgan fingerprint density at radius 1 is 1.31 bits per heavy atom. The molecule has 4 aromatic rings. The van der Waals surface area contributed by atoms with Gasteiger partial charge in [-0.05, 0) is 30.2 Å². The van der Waals surface area contributed by atoms with Gasteiger partial charge < -0.3 is 10.1 Å². The van der Waals surface area contributed by atoms with Crippen molar-refractivity contribution in [2.75, 3.05) is 0 Å². The smallest absolute Gasteiger partial charge is 0.346 e. The van der Waals surface area contributed by atoms with Gasteiger partial charge in [-0.25, -0.2) is 14.5 Å². The van der Waals surface area contributed by atoms with E-state index < -0.39 is 5.97 Å². The number of fused-ring (bicyclic) bond motifs is 1. The van der Waals surface area contributed by atoms with Gasteiger partial charge in [0.15, 0.2) is 0 Å². The Morgan fingerprint density at radius 2 is 2.08 bits per heavy atom. The zero-order valence-corrected chi connectivity index (χ0v) is 14.6. The number of H-pyrrole nitrogens is 1. The molecule has 1 aromatic carbocycles. The van der Waals surface area contributed by atoms with Gasteiger partial charge in [0, 0.05) is 12.6 Å². The number of aromatic nitrogens is 4. The molecule has 0 atom stereocenters. The summed E-state index contributed by atoms with van der Waals surface area (Å²) in [5.41, 5.74) is 1.97. The number of hydrogen-bond acceptors (Lipinski definition) is 5. The summed E-state index contributed by atoms with van der Waals surface area (Å²) in [4.78, 5) is 31.4. The van der Waals surface area contributed by atoms with Crippen molar-refractivity contribution < 1.29 is 9.90 Å². The first-order valence-electron chi connectivity index (χ1n) is 7.87. The van der Waals surface area contributed by atoms with Gasteiger partial charge >= 0.3 is 5.97 Å². The molecule has 130 valence electrons. The molecular formula is C18H14N4O3S. The molecule has 0 bridgehead atoms. The van der Waals surface area contributed by atoms with Crippen molar-refractivity contribution in [3.05, 3.63) is 74.9 Å². The molecule has 0 aliphatic carbocycles. The molecule has 7 nitrogen and oxygen atoms in total. The predicted molar refractivity (Wildman–Crippen MR) is 98.3 cm³/mol. The van der Waals surface area contributed by atoms with Crippen LogP contribution in [0, 0.1) is 6.92 Å². The highest BCUT2D eigenvalue weighted by Crippen LogP contribution is 2.27. The Labute approximate surface area is 151 Å². The minimum absolute atomic E-state index is 0.145. The standard InChI is InChI=1S/C18H14N4O3S/c1-10-14-16(23)20-13(21-17(14)26-15(10)18(24)25)7-11-8-19-22(9-11)12-5-3-2-4-6-12/h2-6,8-9H,7H2,1H3,(H,24,25)(H,20,21,23). The van der Waals surface area contributed by atoms with Crippen LogP contribution in [0.1, 0.15) is 26.6 Å². The maximum absolute atomic E-state index is 12.4. The fourth-order valence-electron chi connectivity index (χ4n) is 2.84. The first-order chi connectivity index (χ1) is 12.5. The van der Waals surface area contributed by atoms with E-state index in [0.29, 0.717) is 28.0 Å². The Bertz CT molecular complexity index is 1170. The lowest BCUT2D eigenvalue weighted by molar-refractivity contribution is 0.0701. The topological polar surface area (TPSA) is 101 Å². The van der Waals surface area contributed by atoms with E-state index in [0.717, 1.165) is 22.6 Å². The number of thiophene rings is 1. The van der Waals surface area contributed by atoms with E-state index in [-0.39, 0.29) is 10.4 Å². The molecule has 3 aromatic heterocycles. The number of rotatable bonds is 4. The number of carboxylic acids is 1. The van der Waals surface area contributed by atoms with E-state index in [4.69, 9.17) is 0 Å². The summed E-state index contributed by atoms with van der Waals surface area (Å²) >= 11 is 1.02. The number of aryl methyl sites for hydroxylation is 1. The average Bonchev–Trinajstić information content (AvgIpc) is 3.21. The van der Waals surface area contributed by atoms with E-state index in [1.165, 1.54) is 0 Å². The lowest BCUT2D eigenvalue weighted by Gasteiger charge is -2.00. The quantitative estimate of drug-likeness (QED) is 0.578. The Balaban J connectivity index is 1.69. The number of nitrogens with one attached hydrogen (secondary N) is 1. The summed E-state index contributed by atoms with van der Waals surface area (Å²) in [6, 6.07) is 9.70. The van der Waals surface area contributed by atoms with Crippen LogP contribution in [0.15, 0.2) is 47.5 Å². The molecule has 0 radical (unpaired) electrons. The number of carbonyl (C=O) groups is 1. The van der Waals surface area contributed by atoms with Gasteiger partial charge in [0.25, 0.3) is 5.56 Å². The van der Waals surface area contributed by atoms with Crippen LogP contribution >= 0.6 is 11.3 Å². The number of aromatic carboxylic acids is 1. The SMILES string of the molecule is Cc1c(C(=O)O)sc2nc(Cc3cnn(-c4ccccc4)c3)[nH]c(=O)c12. The second kappa shape index (κ2) is 6.23. The summed E-state index contributed by atoms with van der Waals surface area (Å²) in [6.07, 6.45) is 4.00. The maximum Gasteiger partial charge on any atom is 0.346 e. The van der Waals surface area contributed by atoms with E-state index in [1.807, 2.05) is 36.5 Å². The van der Waals surface area contributed by atoms with Gasteiger partial charge in [0.1, 0.15) is 15.5 Å². The molecule has 26 heavy (non-hydrogen) atoms. The molecule has 8 heteroatoms. The molecule has 0 fully saturated rings. The minimum atomic E-state index is -1.05. The minimum Gasteiger partial charge on any atom is -0.477 e. The Kier molecular flexibility index (Phi) is 3.89. The van der Waals surface area contributed by atoms with E-state index in [9.17, 15) is 14.7 Å². The zero-order chi connectivity index (χ0) is 18.3. The fraction of sp³-hybridized carbons (Fsp3) is 0.111. The predicted octanol–water partition coefficient (Wildman–Crippen LogP) is 2.77. The normalized spacial score (nSPS) is 11.1. The average molecular weight is 366 g/mol. The summed E-state index contributed by atoms with van der Waals surface area (Å²) in [5.74, 6) is -0.566. The number of hydrogen-bond donors (Lipinski definition) is 2. The molecule has 2 N–H and O–H groups in total. The highest BCUT2D eigenvalue weighted by atomic mass is 32.1. The number of benzene rings is 1. The van der Waals surface area contributed by atoms with Crippen molar-refractivity contribution >= 4 is 27.5 Å². The number of para-hydroxylation sites is 1. The van der Waals surface area contributed by atoms with Gasteiger partial charge in [-0.3, -0.25) is 4.79 Å². The summed E-state index contributed by atoms with van der Waals surface area (Å²) in [6.45, 7) is 1.63.